The Hall–Kier alpha value is -3.51. The molecule has 2 aromatic carbocycles. The molecule has 1 unspecified atom stereocenters. The van der Waals surface area contributed by atoms with Crippen LogP contribution in [0.4, 0.5) is 20.6 Å². The highest BCUT2D eigenvalue weighted by atomic mass is 32.1. The van der Waals surface area contributed by atoms with Crippen LogP contribution in [0.2, 0.25) is 0 Å². The van der Waals surface area contributed by atoms with E-state index in [-0.39, 0.29) is 17.6 Å². The van der Waals surface area contributed by atoms with Crippen LogP contribution in [0.15, 0.2) is 41.9 Å². The second-order valence-electron chi connectivity index (χ2n) is 8.44. The van der Waals surface area contributed by atoms with E-state index in [1.165, 1.54) is 29.4 Å². The van der Waals surface area contributed by atoms with Crippen LogP contribution in [-0.2, 0) is 9.47 Å². The first-order valence-electron chi connectivity index (χ1n) is 11.4. The van der Waals surface area contributed by atoms with E-state index in [1.807, 2.05) is 17.0 Å². The Morgan fingerprint density at radius 3 is 2.81 bits per heavy atom. The Labute approximate surface area is 216 Å². The van der Waals surface area contributed by atoms with Gasteiger partial charge in [-0.3, -0.25) is 9.69 Å². The third-order valence-corrected chi connectivity index (χ3v) is 7.37. The predicted molar refractivity (Wildman–Crippen MR) is 139 cm³/mol. The maximum Gasteiger partial charge on any atom is 0.414 e. The monoisotopic (exact) mass is 529 g/mol. The maximum absolute atomic E-state index is 15.1. The number of amides is 2. The lowest BCUT2D eigenvalue weighted by molar-refractivity contribution is 0.0746. The van der Waals surface area contributed by atoms with Gasteiger partial charge in [0.2, 0.25) is 0 Å². The molecule has 1 aromatic heterocycles. The Morgan fingerprint density at radius 2 is 2.06 bits per heavy atom. The number of anilines is 2. The smallest absolute Gasteiger partial charge is 0.414 e. The molecule has 1 atom stereocenters. The normalized spacial score (nSPS) is 17.9. The fraction of sp³-hybridized carbons (Fsp3) is 0.333. The van der Waals surface area contributed by atoms with Crippen LogP contribution >= 0.6 is 23.6 Å². The van der Waals surface area contributed by atoms with Gasteiger partial charge in [-0.15, -0.1) is 11.3 Å². The number of rotatable bonds is 5. The summed E-state index contributed by atoms with van der Waals surface area (Å²) in [6.07, 6.45) is -0.975. The van der Waals surface area contributed by atoms with Crippen molar-refractivity contribution in [2.45, 2.75) is 6.10 Å². The van der Waals surface area contributed by atoms with E-state index < -0.39 is 18.0 Å². The number of thiocarbonyl (C=S) groups is 1. The number of cyclic esters (lactones) is 1. The van der Waals surface area contributed by atoms with Crippen LogP contribution in [0.25, 0.3) is 10.2 Å². The summed E-state index contributed by atoms with van der Waals surface area (Å²) in [6, 6.07) is 10.2. The second-order valence-corrected chi connectivity index (χ2v) is 9.70. The second kappa shape index (κ2) is 10.2. The molecule has 36 heavy (non-hydrogen) atoms. The van der Waals surface area contributed by atoms with E-state index in [0.717, 1.165) is 10.2 Å². The van der Waals surface area contributed by atoms with Gasteiger partial charge < -0.3 is 24.6 Å². The van der Waals surface area contributed by atoms with Crippen molar-refractivity contribution >= 4 is 62.3 Å². The summed E-state index contributed by atoms with van der Waals surface area (Å²) < 4.78 is 26.3. The first-order valence-corrected chi connectivity index (χ1v) is 12.7. The molecule has 0 aliphatic carbocycles. The Morgan fingerprint density at radius 1 is 1.25 bits per heavy atom. The van der Waals surface area contributed by atoms with E-state index in [0.29, 0.717) is 49.7 Å². The maximum atomic E-state index is 15.1. The molecule has 3 heterocycles. The molecule has 2 saturated heterocycles. The van der Waals surface area contributed by atoms with Gasteiger partial charge in [0.1, 0.15) is 11.9 Å². The van der Waals surface area contributed by atoms with Gasteiger partial charge in [0.25, 0.3) is 11.1 Å². The molecule has 3 aromatic rings. The van der Waals surface area contributed by atoms with Crippen molar-refractivity contribution in [2.24, 2.45) is 0 Å². The number of nitrogens with one attached hydrogen (secondary N) is 1. The van der Waals surface area contributed by atoms with Crippen molar-refractivity contribution < 1.29 is 23.5 Å². The third kappa shape index (κ3) is 4.91. The fourth-order valence-corrected chi connectivity index (χ4v) is 5.15. The Kier molecular flexibility index (Phi) is 6.88. The van der Waals surface area contributed by atoms with Gasteiger partial charge >= 0.3 is 6.09 Å². The lowest BCUT2D eigenvalue weighted by atomic mass is 10.1. The summed E-state index contributed by atoms with van der Waals surface area (Å²) >= 11 is 6.43. The zero-order chi connectivity index (χ0) is 25.2. The van der Waals surface area contributed by atoms with Gasteiger partial charge in [0, 0.05) is 31.7 Å². The van der Waals surface area contributed by atoms with Gasteiger partial charge in [-0.25, -0.2) is 14.2 Å². The average molecular weight is 530 g/mol. The number of ether oxygens (including phenoxy) is 2. The molecule has 12 heteroatoms. The summed E-state index contributed by atoms with van der Waals surface area (Å²) in [5.41, 5.74) is 4.13. The van der Waals surface area contributed by atoms with Gasteiger partial charge in [0.05, 0.1) is 47.3 Å². The van der Waals surface area contributed by atoms with Crippen LogP contribution in [0, 0.1) is 5.82 Å². The number of thiazole rings is 1. The molecule has 2 aliphatic rings. The lowest BCUT2D eigenvalue weighted by Crippen LogP contribution is -2.49. The van der Waals surface area contributed by atoms with Crippen LogP contribution in [0.5, 0.6) is 0 Å². The average Bonchev–Trinajstić information content (AvgIpc) is 3.52. The molecule has 9 nitrogen and oxygen atoms in total. The summed E-state index contributed by atoms with van der Waals surface area (Å²) in [5, 5.41) is 3.06. The molecule has 0 spiro atoms. The van der Waals surface area contributed by atoms with Crippen molar-refractivity contribution in [1.82, 2.24) is 15.2 Å². The number of piperazine rings is 1. The molecule has 5 rings (SSSR count). The highest BCUT2D eigenvalue weighted by Gasteiger charge is 2.33. The zero-order valence-corrected chi connectivity index (χ0v) is 21.1. The van der Waals surface area contributed by atoms with Gasteiger partial charge in [-0.2, -0.15) is 0 Å². The fourth-order valence-electron chi connectivity index (χ4n) is 4.35. The molecule has 0 radical (unpaired) electrons. The quantitative estimate of drug-likeness (QED) is 0.504. The highest BCUT2D eigenvalue weighted by Crippen LogP contribution is 2.29. The van der Waals surface area contributed by atoms with E-state index in [9.17, 15) is 9.59 Å². The van der Waals surface area contributed by atoms with Crippen molar-refractivity contribution in [3.8, 4) is 0 Å². The van der Waals surface area contributed by atoms with Crippen LogP contribution in [0.3, 0.4) is 0 Å². The van der Waals surface area contributed by atoms with Crippen LogP contribution < -0.4 is 15.1 Å². The Bertz CT molecular complexity index is 1310. The molecular formula is C24H24FN5O4S2. The SMILES string of the molecule is COC(=S)NCC1CN(c2ccc(N3CCN(C(=O)c4ccc5ncsc5c4)CC3)c(F)c2)C(=O)O1. The number of nitrogens with zero attached hydrogens (tertiary/aromatic N) is 4. The van der Waals surface area contributed by atoms with Crippen molar-refractivity contribution in [2.75, 3.05) is 56.2 Å². The minimum absolute atomic E-state index is 0.0383. The van der Waals surface area contributed by atoms with Crippen molar-refractivity contribution in [3.63, 3.8) is 0 Å². The summed E-state index contributed by atoms with van der Waals surface area (Å²) in [4.78, 5) is 34.6. The van der Waals surface area contributed by atoms with E-state index >= 15 is 4.39 Å². The molecule has 188 valence electrons. The standard InChI is InChI=1S/C24H24FN5O4S2/c1-33-23(35)26-12-17-13-30(24(32)34-17)16-3-5-20(18(25)11-16)28-6-8-29(9-7-28)22(31)15-2-4-19-21(10-15)36-14-27-19/h2-5,10-11,14,17H,6-9,12-13H2,1H3,(H,26,35). The number of aromatic nitrogens is 1. The molecule has 0 bridgehead atoms. The first kappa shape index (κ1) is 24.2. The van der Waals surface area contributed by atoms with Gasteiger partial charge in [-0.05, 0) is 48.6 Å². The van der Waals surface area contributed by atoms with Crippen LogP contribution in [-0.4, -0.2) is 79.5 Å². The van der Waals surface area contributed by atoms with E-state index in [1.54, 1.807) is 28.6 Å². The number of methoxy groups -OCH3 is 1. The zero-order valence-electron chi connectivity index (χ0n) is 19.5. The number of carbonyl (C=O) groups excluding carboxylic acids is 2. The molecule has 2 amide bonds. The van der Waals surface area contributed by atoms with E-state index in [4.69, 9.17) is 21.7 Å². The van der Waals surface area contributed by atoms with Gasteiger partial charge in [-0.1, -0.05) is 0 Å². The molecule has 1 N–H and O–H groups in total. The number of hydrogen-bond donors (Lipinski definition) is 1. The van der Waals surface area contributed by atoms with Gasteiger partial charge in [0.15, 0.2) is 0 Å². The largest absolute Gasteiger partial charge is 0.474 e. The molecule has 2 fully saturated rings. The summed E-state index contributed by atoms with van der Waals surface area (Å²) in [5.74, 6) is -0.471. The first-order chi connectivity index (χ1) is 17.4. The van der Waals surface area contributed by atoms with Crippen molar-refractivity contribution in [1.29, 1.82) is 0 Å². The minimum Gasteiger partial charge on any atom is -0.474 e. The predicted octanol–water partition coefficient (Wildman–Crippen LogP) is 3.24. The molecular weight excluding hydrogens is 505 g/mol. The number of carbonyl (C=O) groups is 2. The number of fused-ring (bicyclic) bond motifs is 1. The third-order valence-electron chi connectivity index (χ3n) is 6.26. The van der Waals surface area contributed by atoms with Crippen molar-refractivity contribution in [3.05, 3.63) is 53.3 Å². The number of halogens is 1. The molecule has 0 saturated carbocycles. The number of hydrogen-bond acceptors (Lipinski definition) is 8. The molecule has 2 aliphatic heterocycles. The number of benzene rings is 2. The van der Waals surface area contributed by atoms with Crippen LogP contribution in [0.1, 0.15) is 10.4 Å². The Balaban J connectivity index is 1.20. The summed E-state index contributed by atoms with van der Waals surface area (Å²) in [7, 11) is 1.45. The summed E-state index contributed by atoms with van der Waals surface area (Å²) in [6.45, 7) is 2.55. The topological polar surface area (TPSA) is 87.2 Å². The lowest BCUT2D eigenvalue weighted by Gasteiger charge is -2.36. The minimum atomic E-state index is -0.541. The van der Waals surface area contributed by atoms with E-state index in [2.05, 4.69) is 10.3 Å². The highest BCUT2D eigenvalue weighted by molar-refractivity contribution is 7.80.